The number of rotatable bonds is 19. The number of halogens is 2. The van der Waals surface area contributed by atoms with Crippen molar-refractivity contribution in [3.63, 3.8) is 0 Å². The molecule has 1 saturated carbocycles. The highest BCUT2D eigenvalue weighted by atomic mass is 35.5. The number of hydrogen-bond acceptors (Lipinski definition) is 7. The summed E-state index contributed by atoms with van der Waals surface area (Å²) >= 11 is 12.9. The molecule has 11 nitrogen and oxygen atoms in total. The van der Waals surface area contributed by atoms with Gasteiger partial charge in [0.25, 0.3) is 0 Å². The van der Waals surface area contributed by atoms with Crippen molar-refractivity contribution in [2.75, 3.05) is 12.3 Å². The molecule has 6 atom stereocenters. The number of aromatic nitrogens is 2. The van der Waals surface area contributed by atoms with Crippen molar-refractivity contribution in [1.29, 1.82) is 0 Å². The summed E-state index contributed by atoms with van der Waals surface area (Å²) in [6.45, 7) is 9.68. The van der Waals surface area contributed by atoms with E-state index in [9.17, 15) is 27.6 Å². The highest BCUT2D eigenvalue weighted by molar-refractivity contribution is 7.91. The number of fused-ring (bicyclic) bond motifs is 1. The molecule has 1 saturated heterocycles. The van der Waals surface area contributed by atoms with Crippen LogP contribution in [-0.2, 0) is 42.5 Å². The van der Waals surface area contributed by atoms with E-state index in [1.165, 1.54) is 4.57 Å². The Balaban J connectivity index is 1.08. The van der Waals surface area contributed by atoms with Gasteiger partial charge in [-0.2, -0.15) is 0 Å². The van der Waals surface area contributed by atoms with Crippen LogP contribution < -0.4 is 16.3 Å². The Labute approximate surface area is 388 Å². The van der Waals surface area contributed by atoms with E-state index in [4.69, 9.17) is 23.2 Å². The average Bonchev–Trinajstić information content (AvgIpc) is 3.49. The zero-order valence-electron chi connectivity index (χ0n) is 38.0. The fourth-order valence-electron chi connectivity index (χ4n) is 10.3. The van der Waals surface area contributed by atoms with Crippen molar-refractivity contribution in [2.45, 2.75) is 128 Å². The van der Waals surface area contributed by atoms with Gasteiger partial charge in [-0.25, -0.2) is 13.2 Å². The average molecular weight is 936 g/mol. The van der Waals surface area contributed by atoms with Gasteiger partial charge < -0.3 is 5.32 Å². The third kappa shape index (κ3) is 11.0. The molecule has 64 heavy (non-hydrogen) atoms. The first-order valence-corrected chi connectivity index (χ1v) is 25.4. The molecule has 0 radical (unpaired) electrons. The van der Waals surface area contributed by atoms with Gasteiger partial charge in [-0.05, 0) is 111 Å². The summed E-state index contributed by atoms with van der Waals surface area (Å²) in [5, 5.41) is 5.98. The van der Waals surface area contributed by atoms with Crippen LogP contribution in [0.5, 0.6) is 0 Å². The number of imidazole rings is 1. The van der Waals surface area contributed by atoms with Crippen LogP contribution in [0, 0.1) is 23.2 Å². The van der Waals surface area contributed by atoms with E-state index in [-0.39, 0.29) is 59.6 Å². The van der Waals surface area contributed by atoms with Gasteiger partial charge in [0.2, 0.25) is 17.7 Å². The number of benzene rings is 3. The number of hydrogen-bond donors (Lipinski definition) is 2. The van der Waals surface area contributed by atoms with Crippen LogP contribution >= 0.6 is 23.2 Å². The number of para-hydroxylation sites is 1. The van der Waals surface area contributed by atoms with Gasteiger partial charge in [-0.15, -0.1) is 0 Å². The number of piperidine rings is 1. The van der Waals surface area contributed by atoms with E-state index in [2.05, 4.69) is 10.6 Å². The van der Waals surface area contributed by atoms with Gasteiger partial charge >= 0.3 is 5.69 Å². The molecule has 2 heterocycles. The van der Waals surface area contributed by atoms with Gasteiger partial charge in [0.05, 0.1) is 22.0 Å². The smallest absolute Gasteiger partial charge is 0.329 e. The van der Waals surface area contributed by atoms with E-state index in [0.717, 1.165) is 67.2 Å². The van der Waals surface area contributed by atoms with E-state index in [0.29, 0.717) is 34.9 Å². The van der Waals surface area contributed by atoms with Crippen molar-refractivity contribution in [3.8, 4) is 0 Å². The molecule has 2 N–H and O–H groups in total. The number of amides is 3. The Morgan fingerprint density at radius 3 is 2.20 bits per heavy atom. The van der Waals surface area contributed by atoms with Gasteiger partial charge in [0.1, 0.15) is 11.8 Å². The fraction of sp³-hybridized carbons (Fsp3) is 0.540. The van der Waals surface area contributed by atoms with Gasteiger partial charge in [0, 0.05) is 53.7 Å². The van der Waals surface area contributed by atoms with Crippen molar-refractivity contribution in [1.82, 2.24) is 19.8 Å². The predicted octanol–water partition coefficient (Wildman–Crippen LogP) is 9.27. The van der Waals surface area contributed by atoms with Crippen LogP contribution in [0.3, 0.4) is 0 Å². The molecule has 14 heteroatoms. The minimum absolute atomic E-state index is 0.0102. The lowest BCUT2D eigenvalue weighted by Crippen LogP contribution is -2.51. The maximum Gasteiger partial charge on any atom is 0.329 e. The molecule has 3 amide bonds. The Morgan fingerprint density at radius 1 is 0.875 bits per heavy atom. The highest BCUT2D eigenvalue weighted by Crippen LogP contribution is 2.56. The first-order chi connectivity index (χ1) is 30.3. The van der Waals surface area contributed by atoms with Crippen LogP contribution in [0.4, 0.5) is 0 Å². The molecule has 346 valence electrons. The Morgan fingerprint density at radius 2 is 1.55 bits per heavy atom. The maximum absolute atomic E-state index is 15.2. The van der Waals surface area contributed by atoms with Crippen molar-refractivity contribution in [2.24, 2.45) is 30.2 Å². The lowest BCUT2D eigenvalue weighted by Gasteiger charge is -2.50. The standard InChI is InChI=1S/C50H64Cl2N4O7S/c1-31(2)39(30-64(62,63)32(3)4)45-44(33-20-22-36(51)23-21-33)38(35-17-13-18-37(52)27-35)28-50(5,47(45)59)29-43(58)53-26-12-10-8-7-9-11-15-34-16-14-19-40-46(34)55(6)49(61)56(40)41-24-25-42(57)54-48(41)60/h13-14,16-23,27,31-32,38-39,41,44-45H,7-12,15,24-26,28-30H2,1-6H3,(H,53,58)(H,54,57,60)/t38-,39-,41?,44-,45?,50-/m1/s1. The van der Waals surface area contributed by atoms with Crippen LogP contribution in [-0.4, -0.2) is 58.6 Å². The van der Waals surface area contributed by atoms with Crippen LogP contribution in [0.15, 0.2) is 71.5 Å². The molecule has 2 fully saturated rings. The third-order valence-corrected chi connectivity index (χ3v) is 16.6. The summed E-state index contributed by atoms with van der Waals surface area (Å²) in [6.07, 6.45) is 7.29. The summed E-state index contributed by atoms with van der Waals surface area (Å²) in [6, 6.07) is 20.2. The van der Waals surface area contributed by atoms with Gasteiger partial charge in [-0.3, -0.25) is 33.6 Å². The molecule has 1 aliphatic heterocycles. The quantitative estimate of drug-likeness (QED) is 0.0702. The van der Waals surface area contributed by atoms with Crippen LogP contribution in [0.2, 0.25) is 10.0 Å². The molecule has 6 rings (SSSR count). The third-order valence-electron chi connectivity index (χ3n) is 13.8. The second kappa shape index (κ2) is 20.9. The molecule has 0 bridgehead atoms. The molecular weight excluding hydrogens is 872 g/mol. The topological polar surface area (TPSA) is 153 Å². The number of Topliss-reactive ketones (excluding diaryl/α,β-unsaturated/α-hetero) is 1. The number of carbonyl (C=O) groups is 4. The summed E-state index contributed by atoms with van der Waals surface area (Å²) < 4.78 is 30.3. The monoisotopic (exact) mass is 934 g/mol. The number of sulfone groups is 1. The van der Waals surface area contributed by atoms with Crippen molar-refractivity contribution >= 4 is 67.6 Å². The summed E-state index contributed by atoms with van der Waals surface area (Å²) in [5.74, 6) is -3.12. The van der Waals surface area contributed by atoms with Gasteiger partial charge in [-0.1, -0.05) is 106 Å². The number of nitrogens with zero attached hydrogens (tertiary/aromatic N) is 2. The predicted molar refractivity (Wildman–Crippen MR) is 254 cm³/mol. The molecule has 0 spiro atoms. The number of aryl methyl sites for hydroxylation is 2. The molecule has 4 aromatic rings. The van der Waals surface area contributed by atoms with E-state index in [1.54, 1.807) is 25.5 Å². The van der Waals surface area contributed by atoms with E-state index < -0.39 is 44.3 Å². The Kier molecular flexibility index (Phi) is 16.1. The normalized spacial score (nSPS) is 22.3. The Bertz CT molecular complexity index is 2510. The second-order valence-electron chi connectivity index (χ2n) is 19.0. The molecule has 1 aliphatic carbocycles. The van der Waals surface area contributed by atoms with Crippen LogP contribution in [0.1, 0.15) is 133 Å². The first kappa shape index (κ1) is 49.2. The van der Waals surface area contributed by atoms with Crippen molar-refractivity contribution < 1.29 is 27.6 Å². The molecular formula is C50H64Cl2N4O7S. The molecule has 2 aliphatic rings. The lowest BCUT2D eigenvalue weighted by molar-refractivity contribution is -0.144. The number of imide groups is 1. The summed E-state index contributed by atoms with van der Waals surface area (Å²) in [4.78, 5) is 66.7. The summed E-state index contributed by atoms with van der Waals surface area (Å²) in [7, 11) is -1.81. The van der Waals surface area contributed by atoms with Crippen molar-refractivity contribution in [3.05, 3.63) is 104 Å². The summed E-state index contributed by atoms with van der Waals surface area (Å²) in [5.41, 5.74) is 3.06. The molecule has 1 aromatic heterocycles. The first-order valence-electron chi connectivity index (χ1n) is 22.9. The molecule has 2 unspecified atom stereocenters. The minimum Gasteiger partial charge on any atom is -0.356 e. The van der Waals surface area contributed by atoms with E-state index >= 15 is 4.79 Å². The van der Waals surface area contributed by atoms with E-state index in [1.807, 2.05) is 87.5 Å². The van der Waals surface area contributed by atoms with Gasteiger partial charge in [0.15, 0.2) is 9.84 Å². The second-order valence-corrected chi connectivity index (χ2v) is 22.5. The SMILES string of the molecule is CC(C)[C@@H](CS(=O)(=O)C(C)C)C1C(=O)[C@@](C)(CC(=O)NCCCCCCCCc2cccc3c2n(C)c(=O)n3C2CCC(=O)NC2=O)C[C@H](c2cccc(Cl)c2)[C@H]1c1ccc(Cl)cc1. The lowest BCUT2D eigenvalue weighted by atomic mass is 9.53. The zero-order valence-corrected chi connectivity index (χ0v) is 40.3. The number of carbonyl (C=O) groups excluding carboxylic acids is 4. The number of unbranched alkanes of at least 4 members (excludes halogenated alkanes) is 5. The minimum atomic E-state index is -3.54. The maximum atomic E-state index is 15.2. The number of nitrogens with one attached hydrogen (secondary N) is 2. The fourth-order valence-corrected chi connectivity index (χ4v) is 12.1. The van der Waals surface area contributed by atoms with Crippen LogP contribution in [0.25, 0.3) is 11.0 Å². The Hall–Kier alpha value is -4.26. The number of ketones is 1. The largest absolute Gasteiger partial charge is 0.356 e. The zero-order chi connectivity index (χ0) is 46.5. The molecule has 3 aromatic carbocycles. The highest BCUT2D eigenvalue weighted by Gasteiger charge is 2.55.